The van der Waals surface area contributed by atoms with E-state index in [0.29, 0.717) is 11.9 Å². The number of aromatic nitrogens is 2. The Morgan fingerprint density at radius 3 is 2.72 bits per heavy atom. The molecule has 4 nitrogen and oxygen atoms in total. The Bertz CT molecular complexity index is 374. The van der Waals surface area contributed by atoms with Gasteiger partial charge < -0.3 is 4.74 Å². The first-order valence-corrected chi connectivity index (χ1v) is 6.69. The highest BCUT2D eigenvalue weighted by molar-refractivity contribution is 5.07. The van der Waals surface area contributed by atoms with Crippen LogP contribution in [0.3, 0.4) is 0 Å². The molecule has 0 saturated carbocycles. The molecule has 1 saturated heterocycles. The average molecular weight is 249 g/mol. The third-order valence-electron chi connectivity index (χ3n) is 3.61. The van der Waals surface area contributed by atoms with Crippen LogP contribution in [0.4, 0.5) is 0 Å². The van der Waals surface area contributed by atoms with Crippen LogP contribution in [0.2, 0.25) is 0 Å². The summed E-state index contributed by atoms with van der Waals surface area (Å²) in [6.45, 7) is 11.2. The molecule has 1 aromatic rings. The fourth-order valence-electron chi connectivity index (χ4n) is 2.72. The van der Waals surface area contributed by atoms with Crippen molar-refractivity contribution in [3.63, 3.8) is 0 Å². The lowest BCUT2D eigenvalue weighted by atomic mass is 9.85. The Balaban J connectivity index is 2.01. The highest BCUT2D eigenvalue weighted by atomic mass is 16.5. The van der Waals surface area contributed by atoms with Crippen molar-refractivity contribution in [1.82, 2.24) is 15.1 Å². The summed E-state index contributed by atoms with van der Waals surface area (Å²) in [6.07, 6.45) is 2.96. The van der Waals surface area contributed by atoms with Gasteiger partial charge in [0.15, 0.2) is 0 Å². The van der Waals surface area contributed by atoms with Gasteiger partial charge in [0, 0.05) is 31.3 Å². The monoisotopic (exact) mass is 249 g/mol. The predicted molar refractivity (Wildman–Crippen MR) is 71.6 cm³/mol. The molecule has 2 rings (SSSR count). The number of likely N-dealkylation sites (N-methyl/N-ethyl adjacent to an activating group) is 1. The fourth-order valence-corrected chi connectivity index (χ4v) is 2.72. The molecule has 0 radical (unpaired) electrons. The average Bonchev–Trinajstić information content (AvgIpc) is 2.73. The molecule has 0 bridgehead atoms. The molecule has 0 aliphatic carbocycles. The molecule has 2 heterocycles. The Morgan fingerprint density at radius 1 is 1.44 bits per heavy atom. The molecule has 0 spiro atoms. The lowest BCUT2D eigenvalue weighted by Gasteiger charge is -2.33. The van der Waals surface area contributed by atoms with Crippen LogP contribution in [0, 0.1) is 5.41 Å². The first-order valence-electron chi connectivity index (χ1n) is 6.69. The van der Waals surface area contributed by atoms with E-state index in [1.54, 1.807) is 6.20 Å². The normalized spacial score (nSPS) is 25.3. The van der Waals surface area contributed by atoms with Crippen LogP contribution >= 0.6 is 0 Å². The Labute approximate surface area is 109 Å². The minimum absolute atomic E-state index is 0.228. The van der Waals surface area contributed by atoms with Crippen LogP contribution < -0.4 is 4.74 Å². The second kappa shape index (κ2) is 5.22. The first kappa shape index (κ1) is 13.3. The van der Waals surface area contributed by atoms with Crippen LogP contribution in [-0.4, -0.2) is 40.3 Å². The van der Waals surface area contributed by atoms with Gasteiger partial charge in [0.1, 0.15) is 6.10 Å². The van der Waals surface area contributed by atoms with Gasteiger partial charge >= 0.3 is 0 Å². The Hall–Kier alpha value is -1.16. The van der Waals surface area contributed by atoms with Crippen LogP contribution in [-0.2, 0) is 0 Å². The van der Waals surface area contributed by atoms with E-state index in [0.717, 1.165) is 19.5 Å². The second-order valence-corrected chi connectivity index (χ2v) is 6.01. The molecule has 0 aromatic carbocycles. The number of hydrogen-bond acceptors (Lipinski definition) is 4. The van der Waals surface area contributed by atoms with Crippen molar-refractivity contribution in [3.05, 3.63) is 18.3 Å². The molecule has 1 aliphatic heterocycles. The summed E-state index contributed by atoms with van der Waals surface area (Å²) < 4.78 is 5.92. The lowest BCUT2D eigenvalue weighted by molar-refractivity contribution is 0.147. The van der Waals surface area contributed by atoms with Crippen molar-refractivity contribution in [3.8, 4) is 5.88 Å². The van der Waals surface area contributed by atoms with Crippen LogP contribution in [0.25, 0.3) is 0 Å². The molecule has 2 atom stereocenters. The lowest BCUT2D eigenvalue weighted by Crippen LogP contribution is -2.39. The van der Waals surface area contributed by atoms with Crippen molar-refractivity contribution >= 4 is 0 Å². The summed E-state index contributed by atoms with van der Waals surface area (Å²) in [5.41, 5.74) is 0.288. The van der Waals surface area contributed by atoms with Gasteiger partial charge in [0.05, 0.1) is 0 Å². The standard InChI is InChI=1S/C14H23N3O/c1-5-17-10-11(9-12(17)14(2,3)4)18-13-7-6-8-15-16-13/h6-8,11-12H,5,9-10H2,1-4H3. The van der Waals surface area contributed by atoms with Gasteiger partial charge in [-0.2, -0.15) is 5.10 Å². The molecule has 4 heteroatoms. The molecule has 18 heavy (non-hydrogen) atoms. The summed E-state index contributed by atoms with van der Waals surface area (Å²) in [7, 11) is 0. The Kier molecular flexibility index (Phi) is 3.85. The summed E-state index contributed by atoms with van der Waals surface area (Å²) in [6, 6.07) is 4.30. The largest absolute Gasteiger partial charge is 0.472 e. The van der Waals surface area contributed by atoms with Crippen molar-refractivity contribution < 1.29 is 4.74 Å². The maximum atomic E-state index is 5.92. The van der Waals surface area contributed by atoms with E-state index in [9.17, 15) is 0 Å². The predicted octanol–water partition coefficient (Wildman–Crippen LogP) is 2.36. The van der Waals surface area contributed by atoms with Gasteiger partial charge in [0.2, 0.25) is 5.88 Å². The number of hydrogen-bond donors (Lipinski definition) is 0. The van der Waals surface area contributed by atoms with E-state index >= 15 is 0 Å². The quantitative estimate of drug-likeness (QED) is 0.824. The van der Waals surface area contributed by atoms with E-state index in [-0.39, 0.29) is 11.5 Å². The zero-order chi connectivity index (χ0) is 13.2. The van der Waals surface area contributed by atoms with Gasteiger partial charge in [-0.15, -0.1) is 5.10 Å². The Morgan fingerprint density at radius 2 is 2.22 bits per heavy atom. The van der Waals surface area contributed by atoms with Crippen LogP contribution in [0.5, 0.6) is 5.88 Å². The van der Waals surface area contributed by atoms with Gasteiger partial charge in [-0.1, -0.05) is 27.7 Å². The van der Waals surface area contributed by atoms with Gasteiger partial charge in [0.25, 0.3) is 0 Å². The number of likely N-dealkylation sites (tertiary alicyclic amines) is 1. The third kappa shape index (κ3) is 2.99. The van der Waals surface area contributed by atoms with E-state index in [2.05, 4.69) is 42.8 Å². The number of nitrogens with zero attached hydrogens (tertiary/aromatic N) is 3. The second-order valence-electron chi connectivity index (χ2n) is 6.01. The SMILES string of the molecule is CCN1CC(Oc2cccnn2)CC1C(C)(C)C. The molecule has 1 aromatic heterocycles. The summed E-state index contributed by atoms with van der Waals surface area (Å²) in [4.78, 5) is 2.50. The molecule has 0 N–H and O–H groups in total. The van der Waals surface area contributed by atoms with Gasteiger partial charge in [-0.3, -0.25) is 4.90 Å². The topological polar surface area (TPSA) is 38.2 Å². The van der Waals surface area contributed by atoms with E-state index < -0.39 is 0 Å². The van der Waals surface area contributed by atoms with Gasteiger partial charge in [-0.05, 0) is 18.0 Å². The number of ether oxygens (including phenoxy) is 1. The van der Waals surface area contributed by atoms with Crippen LogP contribution in [0.1, 0.15) is 34.1 Å². The maximum Gasteiger partial charge on any atom is 0.233 e. The third-order valence-corrected chi connectivity index (χ3v) is 3.61. The number of rotatable bonds is 3. The van der Waals surface area contributed by atoms with Crippen molar-refractivity contribution in [2.75, 3.05) is 13.1 Å². The van der Waals surface area contributed by atoms with Crippen molar-refractivity contribution in [2.45, 2.75) is 46.3 Å². The molecule has 100 valence electrons. The minimum atomic E-state index is 0.228. The smallest absolute Gasteiger partial charge is 0.233 e. The molecule has 1 aliphatic rings. The highest BCUT2D eigenvalue weighted by Crippen LogP contribution is 2.33. The molecule has 1 fully saturated rings. The maximum absolute atomic E-state index is 5.92. The molecule has 2 unspecified atom stereocenters. The van der Waals surface area contributed by atoms with Crippen molar-refractivity contribution in [1.29, 1.82) is 0 Å². The zero-order valence-electron chi connectivity index (χ0n) is 11.8. The first-order chi connectivity index (χ1) is 8.50. The summed E-state index contributed by atoms with van der Waals surface area (Å²) in [5.74, 6) is 0.633. The molecular formula is C14H23N3O. The van der Waals surface area contributed by atoms with Crippen LogP contribution in [0.15, 0.2) is 18.3 Å². The minimum Gasteiger partial charge on any atom is -0.472 e. The molecular weight excluding hydrogens is 226 g/mol. The zero-order valence-corrected chi connectivity index (χ0v) is 11.8. The molecule has 0 amide bonds. The summed E-state index contributed by atoms with van der Waals surface area (Å²) >= 11 is 0. The van der Waals surface area contributed by atoms with E-state index in [1.807, 2.05) is 12.1 Å². The summed E-state index contributed by atoms with van der Waals surface area (Å²) in [5, 5.41) is 7.83. The fraction of sp³-hybridized carbons (Fsp3) is 0.714. The van der Waals surface area contributed by atoms with Crippen molar-refractivity contribution in [2.24, 2.45) is 5.41 Å². The highest BCUT2D eigenvalue weighted by Gasteiger charge is 2.39. The van der Waals surface area contributed by atoms with E-state index in [4.69, 9.17) is 4.74 Å². The van der Waals surface area contributed by atoms with Gasteiger partial charge in [-0.25, -0.2) is 0 Å². The van der Waals surface area contributed by atoms with E-state index in [1.165, 1.54) is 0 Å².